The maximum Gasteiger partial charge on any atom is 0.261 e. The number of aromatic nitrogens is 4. The highest BCUT2D eigenvalue weighted by molar-refractivity contribution is 7.92. The van der Waals surface area contributed by atoms with Crippen molar-refractivity contribution in [3.63, 3.8) is 0 Å². The van der Waals surface area contributed by atoms with E-state index in [0.29, 0.717) is 17.3 Å². The summed E-state index contributed by atoms with van der Waals surface area (Å²) < 4.78 is 47.4. The first-order chi connectivity index (χ1) is 14.0. The summed E-state index contributed by atoms with van der Waals surface area (Å²) in [6, 6.07) is 14.2. The SMILES string of the molecule is O=S(=O)(Nc1ccc(Oc2ccc(-n3ccnc3)nn2)cc1)c1ccc(F)cc1. The lowest BCUT2D eigenvalue weighted by atomic mass is 10.3. The van der Waals surface area contributed by atoms with Gasteiger partial charge in [-0.25, -0.2) is 17.8 Å². The highest BCUT2D eigenvalue weighted by Crippen LogP contribution is 2.23. The van der Waals surface area contributed by atoms with Crippen LogP contribution in [0, 0.1) is 5.82 Å². The topological polar surface area (TPSA) is 99.0 Å². The Bertz CT molecular complexity index is 1190. The monoisotopic (exact) mass is 411 g/mol. The molecule has 1 N–H and O–H groups in total. The van der Waals surface area contributed by atoms with Gasteiger partial charge in [0.1, 0.15) is 17.9 Å². The molecule has 2 heterocycles. The predicted octanol–water partition coefficient (Wildman–Crippen LogP) is 3.39. The van der Waals surface area contributed by atoms with Crippen molar-refractivity contribution >= 4 is 15.7 Å². The third-order valence-electron chi connectivity index (χ3n) is 3.85. The minimum Gasteiger partial charge on any atom is -0.438 e. The summed E-state index contributed by atoms with van der Waals surface area (Å²) in [5, 5.41) is 8.05. The lowest BCUT2D eigenvalue weighted by Gasteiger charge is -2.09. The number of anilines is 1. The van der Waals surface area contributed by atoms with Gasteiger partial charge in [-0.05, 0) is 54.6 Å². The van der Waals surface area contributed by atoms with E-state index in [1.54, 1.807) is 59.7 Å². The molecule has 29 heavy (non-hydrogen) atoms. The van der Waals surface area contributed by atoms with E-state index in [0.717, 1.165) is 12.1 Å². The number of imidazole rings is 1. The molecule has 146 valence electrons. The van der Waals surface area contributed by atoms with Crippen molar-refractivity contribution in [2.45, 2.75) is 4.90 Å². The van der Waals surface area contributed by atoms with Crippen molar-refractivity contribution in [1.82, 2.24) is 19.7 Å². The number of hydrogen-bond donors (Lipinski definition) is 1. The predicted molar refractivity (Wildman–Crippen MR) is 103 cm³/mol. The summed E-state index contributed by atoms with van der Waals surface area (Å²) >= 11 is 0. The van der Waals surface area contributed by atoms with Crippen molar-refractivity contribution in [3.05, 3.63) is 85.2 Å². The van der Waals surface area contributed by atoms with Crippen LogP contribution in [0.3, 0.4) is 0 Å². The molecule has 4 aromatic rings. The first-order valence-corrected chi connectivity index (χ1v) is 9.86. The highest BCUT2D eigenvalue weighted by Gasteiger charge is 2.14. The third kappa shape index (κ3) is 4.38. The van der Waals surface area contributed by atoms with Crippen LogP contribution in [0.25, 0.3) is 5.82 Å². The van der Waals surface area contributed by atoms with E-state index in [2.05, 4.69) is 19.9 Å². The third-order valence-corrected chi connectivity index (χ3v) is 5.25. The van der Waals surface area contributed by atoms with Crippen molar-refractivity contribution in [2.75, 3.05) is 4.72 Å². The normalized spacial score (nSPS) is 11.2. The molecule has 8 nitrogen and oxygen atoms in total. The van der Waals surface area contributed by atoms with Gasteiger partial charge in [-0.1, -0.05) is 0 Å². The average molecular weight is 411 g/mol. The first-order valence-electron chi connectivity index (χ1n) is 8.38. The van der Waals surface area contributed by atoms with E-state index in [-0.39, 0.29) is 10.8 Å². The van der Waals surface area contributed by atoms with Crippen molar-refractivity contribution in [1.29, 1.82) is 0 Å². The molecule has 2 aromatic carbocycles. The van der Waals surface area contributed by atoms with Gasteiger partial charge in [0, 0.05) is 24.1 Å². The molecule has 0 atom stereocenters. The summed E-state index contributed by atoms with van der Waals surface area (Å²) in [7, 11) is -3.82. The Labute approximate surface area is 165 Å². The second-order valence-electron chi connectivity index (χ2n) is 5.89. The van der Waals surface area contributed by atoms with Gasteiger partial charge in [0.2, 0.25) is 5.88 Å². The van der Waals surface area contributed by atoms with Crippen molar-refractivity contribution in [3.8, 4) is 17.4 Å². The maximum absolute atomic E-state index is 13.0. The molecule has 0 bridgehead atoms. The molecule has 0 spiro atoms. The second kappa shape index (κ2) is 7.68. The molecule has 0 radical (unpaired) electrons. The number of sulfonamides is 1. The molecular formula is C19H14FN5O3S. The largest absolute Gasteiger partial charge is 0.438 e. The van der Waals surface area contributed by atoms with E-state index in [4.69, 9.17) is 4.74 Å². The molecule has 4 rings (SSSR count). The van der Waals surface area contributed by atoms with Crippen LogP contribution in [0.5, 0.6) is 11.6 Å². The van der Waals surface area contributed by atoms with Crippen LogP contribution in [-0.2, 0) is 10.0 Å². The van der Waals surface area contributed by atoms with Crippen LogP contribution in [0.15, 0.2) is 84.3 Å². The Morgan fingerprint density at radius 2 is 1.69 bits per heavy atom. The van der Waals surface area contributed by atoms with Crippen LogP contribution >= 0.6 is 0 Å². The fourth-order valence-corrected chi connectivity index (χ4v) is 3.50. The zero-order valence-electron chi connectivity index (χ0n) is 14.8. The van der Waals surface area contributed by atoms with Gasteiger partial charge in [-0.15, -0.1) is 10.2 Å². The molecule has 0 saturated carbocycles. The number of halogens is 1. The molecular weight excluding hydrogens is 397 g/mol. The zero-order chi connectivity index (χ0) is 20.3. The summed E-state index contributed by atoms with van der Waals surface area (Å²) in [5.74, 6) is 0.833. The van der Waals surface area contributed by atoms with Gasteiger partial charge in [0.15, 0.2) is 5.82 Å². The van der Waals surface area contributed by atoms with Crippen molar-refractivity contribution in [2.24, 2.45) is 0 Å². The molecule has 0 saturated heterocycles. The van der Waals surface area contributed by atoms with Crippen molar-refractivity contribution < 1.29 is 17.5 Å². The fraction of sp³-hybridized carbons (Fsp3) is 0. The van der Waals surface area contributed by atoms with Gasteiger partial charge in [-0.2, -0.15) is 0 Å². The molecule has 0 amide bonds. The minimum atomic E-state index is -3.82. The first kappa shape index (κ1) is 18.6. The number of nitrogens with one attached hydrogen (secondary N) is 1. The molecule has 0 fully saturated rings. The Morgan fingerprint density at radius 1 is 0.931 bits per heavy atom. The van der Waals surface area contributed by atoms with Gasteiger partial charge in [-0.3, -0.25) is 9.29 Å². The van der Waals surface area contributed by atoms with E-state index in [1.807, 2.05) is 0 Å². The molecule has 0 aliphatic rings. The van der Waals surface area contributed by atoms with Gasteiger partial charge >= 0.3 is 0 Å². The fourth-order valence-electron chi connectivity index (χ4n) is 2.44. The van der Waals surface area contributed by atoms with E-state index >= 15 is 0 Å². The van der Waals surface area contributed by atoms with Crippen LogP contribution in [0.2, 0.25) is 0 Å². The Morgan fingerprint density at radius 3 is 2.31 bits per heavy atom. The van der Waals surface area contributed by atoms with Crippen LogP contribution in [0.1, 0.15) is 0 Å². The second-order valence-corrected chi connectivity index (χ2v) is 7.57. The molecule has 0 unspecified atom stereocenters. The number of nitrogens with zero attached hydrogens (tertiary/aromatic N) is 4. The zero-order valence-corrected chi connectivity index (χ0v) is 15.6. The lowest BCUT2D eigenvalue weighted by Crippen LogP contribution is -2.12. The van der Waals surface area contributed by atoms with Crippen LogP contribution < -0.4 is 9.46 Å². The van der Waals surface area contributed by atoms with Gasteiger partial charge in [0.05, 0.1) is 4.90 Å². The van der Waals surface area contributed by atoms with E-state index in [1.165, 1.54) is 12.1 Å². The van der Waals surface area contributed by atoms with Gasteiger partial charge < -0.3 is 4.74 Å². The lowest BCUT2D eigenvalue weighted by molar-refractivity contribution is 0.454. The minimum absolute atomic E-state index is 0.0347. The van der Waals surface area contributed by atoms with Crippen LogP contribution in [-0.4, -0.2) is 28.2 Å². The van der Waals surface area contributed by atoms with E-state index in [9.17, 15) is 12.8 Å². The van der Waals surface area contributed by atoms with E-state index < -0.39 is 15.8 Å². The number of ether oxygens (including phenoxy) is 1. The summed E-state index contributed by atoms with van der Waals surface area (Å²) in [6.07, 6.45) is 4.99. The Kier molecular flexibility index (Phi) is 4.92. The number of benzene rings is 2. The number of rotatable bonds is 6. The smallest absolute Gasteiger partial charge is 0.261 e. The highest BCUT2D eigenvalue weighted by atomic mass is 32.2. The summed E-state index contributed by atoms with van der Waals surface area (Å²) in [4.78, 5) is 3.91. The Balaban J connectivity index is 1.43. The molecule has 10 heteroatoms. The number of hydrogen-bond acceptors (Lipinski definition) is 6. The standard InChI is InChI=1S/C19H14FN5O3S/c20-14-1-7-17(8-2-14)29(26,27)24-15-3-5-16(6-4-15)28-19-10-9-18(22-23-19)25-12-11-21-13-25/h1-13,24H. The average Bonchev–Trinajstić information content (AvgIpc) is 3.25. The van der Waals surface area contributed by atoms with Crippen LogP contribution in [0.4, 0.5) is 10.1 Å². The molecule has 2 aromatic heterocycles. The van der Waals surface area contributed by atoms with Gasteiger partial charge in [0.25, 0.3) is 10.0 Å². The quantitative estimate of drug-likeness (QED) is 0.522. The maximum atomic E-state index is 13.0. The Hall–Kier alpha value is -3.79. The summed E-state index contributed by atoms with van der Waals surface area (Å²) in [6.45, 7) is 0. The molecule has 0 aliphatic carbocycles. The summed E-state index contributed by atoms with van der Waals surface area (Å²) in [5.41, 5.74) is 0.336. The molecule has 0 aliphatic heterocycles.